The van der Waals surface area contributed by atoms with E-state index < -0.39 is 0 Å². The fraction of sp³-hybridized carbons (Fsp3) is 0.312. The zero-order chi connectivity index (χ0) is 13.5. The first-order valence-electron chi connectivity index (χ1n) is 6.67. The molecule has 0 unspecified atom stereocenters. The van der Waals surface area contributed by atoms with Gasteiger partial charge in [-0.2, -0.15) is 0 Å². The van der Waals surface area contributed by atoms with Crippen molar-refractivity contribution in [2.75, 3.05) is 18.5 Å². The highest BCUT2D eigenvalue weighted by atomic mass is 16.5. The van der Waals surface area contributed by atoms with Crippen LogP contribution in [0.25, 0.3) is 0 Å². The third-order valence-corrected chi connectivity index (χ3v) is 2.86. The van der Waals surface area contributed by atoms with Gasteiger partial charge in [0, 0.05) is 12.7 Å². The molecule has 0 amide bonds. The van der Waals surface area contributed by atoms with Crippen molar-refractivity contribution in [3.05, 3.63) is 53.7 Å². The van der Waals surface area contributed by atoms with Crippen LogP contribution in [0.1, 0.15) is 18.1 Å². The fourth-order valence-electron chi connectivity index (χ4n) is 1.99. The molecule has 1 heterocycles. The number of nitrogens with zero attached hydrogens (tertiary/aromatic N) is 1. The lowest BCUT2D eigenvalue weighted by Gasteiger charge is -2.11. The Morgan fingerprint density at radius 2 is 2.11 bits per heavy atom. The van der Waals surface area contributed by atoms with E-state index in [4.69, 9.17) is 4.74 Å². The van der Waals surface area contributed by atoms with Gasteiger partial charge in [0.1, 0.15) is 0 Å². The predicted octanol–water partition coefficient (Wildman–Crippen LogP) is 3.44. The second-order valence-electron chi connectivity index (χ2n) is 4.45. The summed E-state index contributed by atoms with van der Waals surface area (Å²) in [5, 5.41) is 3.33. The molecule has 1 N–H and O–H groups in total. The molecule has 0 atom stereocenters. The number of hydrogen-bond acceptors (Lipinski definition) is 3. The van der Waals surface area contributed by atoms with Crippen molar-refractivity contribution in [1.82, 2.24) is 4.98 Å². The SMILES string of the molecule is CCOc1cccnc1NCCc1cccc(C)c1. The van der Waals surface area contributed by atoms with Gasteiger partial charge in [0.15, 0.2) is 11.6 Å². The van der Waals surface area contributed by atoms with Gasteiger partial charge in [-0.15, -0.1) is 0 Å². The fourth-order valence-corrected chi connectivity index (χ4v) is 1.99. The number of rotatable bonds is 6. The van der Waals surface area contributed by atoms with E-state index >= 15 is 0 Å². The van der Waals surface area contributed by atoms with Crippen LogP contribution in [0.5, 0.6) is 5.75 Å². The number of ether oxygens (including phenoxy) is 1. The summed E-state index contributed by atoms with van der Waals surface area (Å²) in [5.41, 5.74) is 2.63. The molecule has 0 aliphatic carbocycles. The van der Waals surface area contributed by atoms with Crippen LogP contribution in [0.3, 0.4) is 0 Å². The van der Waals surface area contributed by atoms with Crippen molar-refractivity contribution in [3.63, 3.8) is 0 Å². The third kappa shape index (κ3) is 3.98. The molecule has 0 saturated carbocycles. The van der Waals surface area contributed by atoms with E-state index in [2.05, 4.69) is 41.5 Å². The topological polar surface area (TPSA) is 34.1 Å². The average Bonchev–Trinajstić information content (AvgIpc) is 2.41. The Morgan fingerprint density at radius 3 is 2.89 bits per heavy atom. The molecular formula is C16H20N2O. The highest BCUT2D eigenvalue weighted by Gasteiger charge is 2.02. The zero-order valence-electron chi connectivity index (χ0n) is 11.5. The third-order valence-electron chi connectivity index (χ3n) is 2.86. The molecule has 0 radical (unpaired) electrons. The predicted molar refractivity (Wildman–Crippen MR) is 78.8 cm³/mol. The van der Waals surface area contributed by atoms with Gasteiger partial charge < -0.3 is 10.1 Å². The van der Waals surface area contributed by atoms with Gasteiger partial charge in [0.05, 0.1) is 6.61 Å². The van der Waals surface area contributed by atoms with Crippen molar-refractivity contribution in [3.8, 4) is 5.75 Å². The van der Waals surface area contributed by atoms with Crippen LogP contribution in [-0.4, -0.2) is 18.1 Å². The molecule has 2 rings (SSSR count). The Kier molecular flexibility index (Phi) is 4.78. The molecule has 0 aliphatic heterocycles. The zero-order valence-corrected chi connectivity index (χ0v) is 11.5. The molecule has 2 aromatic rings. The number of nitrogens with one attached hydrogen (secondary N) is 1. The van der Waals surface area contributed by atoms with E-state index in [9.17, 15) is 0 Å². The molecule has 0 bridgehead atoms. The summed E-state index contributed by atoms with van der Waals surface area (Å²) < 4.78 is 5.53. The van der Waals surface area contributed by atoms with Gasteiger partial charge in [-0.05, 0) is 38.0 Å². The standard InChI is InChI=1S/C16H20N2O/c1-3-19-15-8-5-10-17-16(15)18-11-9-14-7-4-6-13(2)12-14/h4-8,10,12H,3,9,11H2,1-2H3,(H,17,18). The highest BCUT2D eigenvalue weighted by Crippen LogP contribution is 2.20. The maximum Gasteiger partial charge on any atom is 0.168 e. The number of aryl methyl sites for hydroxylation is 1. The van der Waals surface area contributed by atoms with E-state index in [1.165, 1.54) is 11.1 Å². The van der Waals surface area contributed by atoms with Crippen LogP contribution in [-0.2, 0) is 6.42 Å². The minimum absolute atomic E-state index is 0.651. The molecule has 0 spiro atoms. The number of anilines is 1. The lowest BCUT2D eigenvalue weighted by atomic mass is 10.1. The Hall–Kier alpha value is -2.03. The van der Waals surface area contributed by atoms with Gasteiger partial charge in [-0.1, -0.05) is 29.8 Å². The molecule has 3 nitrogen and oxygen atoms in total. The Morgan fingerprint density at radius 1 is 1.21 bits per heavy atom. The highest BCUT2D eigenvalue weighted by molar-refractivity contribution is 5.49. The normalized spacial score (nSPS) is 10.2. The minimum Gasteiger partial charge on any atom is -0.490 e. The van der Waals surface area contributed by atoms with Crippen LogP contribution in [0.15, 0.2) is 42.6 Å². The van der Waals surface area contributed by atoms with Crippen molar-refractivity contribution in [1.29, 1.82) is 0 Å². The first-order chi connectivity index (χ1) is 9.29. The van der Waals surface area contributed by atoms with Gasteiger partial charge in [-0.25, -0.2) is 4.98 Å². The minimum atomic E-state index is 0.651. The Bertz CT molecular complexity index is 526. The van der Waals surface area contributed by atoms with E-state index in [1.807, 2.05) is 19.1 Å². The summed E-state index contributed by atoms with van der Waals surface area (Å²) in [7, 11) is 0. The van der Waals surface area contributed by atoms with Crippen LogP contribution >= 0.6 is 0 Å². The Labute approximate surface area is 114 Å². The van der Waals surface area contributed by atoms with Crippen molar-refractivity contribution >= 4 is 5.82 Å². The molecule has 100 valence electrons. The summed E-state index contributed by atoms with van der Waals surface area (Å²) in [6.07, 6.45) is 2.75. The van der Waals surface area contributed by atoms with Gasteiger partial charge in [0.25, 0.3) is 0 Å². The van der Waals surface area contributed by atoms with Crippen LogP contribution < -0.4 is 10.1 Å². The summed E-state index contributed by atoms with van der Waals surface area (Å²) >= 11 is 0. The average molecular weight is 256 g/mol. The molecule has 1 aromatic carbocycles. The summed E-state index contributed by atoms with van der Waals surface area (Å²) in [4.78, 5) is 4.31. The molecule has 19 heavy (non-hydrogen) atoms. The van der Waals surface area contributed by atoms with Crippen LogP contribution in [0, 0.1) is 6.92 Å². The van der Waals surface area contributed by atoms with Crippen molar-refractivity contribution in [2.45, 2.75) is 20.3 Å². The van der Waals surface area contributed by atoms with Crippen molar-refractivity contribution < 1.29 is 4.74 Å². The maximum atomic E-state index is 5.53. The second kappa shape index (κ2) is 6.78. The van der Waals surface area contributed by atoms with E-state index in [-0.39, 0.29) is 0 Å². The second-order valence-corrected chi connectivity index (χ2v) is 4.45. The summed E-state index contributed by atoms with van der Waals surface area (Å²) in [6, 6.07) is 12.4. The lowest BCUT2D eigenvalue weighted by molar-refractivity contribution is 0.340. The summed E-state index contributed by atoms with van der Waals surface area (Å²) in [5.74, 6) is 1.63. The number of aromatic nitrogens is 1. The molecule has 3 heteroatoms. The van der Waals surface area contributed by atoms with Crippen LogP contribution in [0.4, 0.5) is 5.82 Å². The number of pyridine rings is 1. The number of hydrogen-bond donors (Lipinski definition) is 1. The quantitative estimate of drug-likeness (QED) is 0.859. The monoisotopic (exact) mass is 256 g/mol. The molecule has 1 aromatic heterocycles. The van der Waals surface area contributed by atoms with Gasteiger partial charge >= 0.3 is 0 Å². The molecule has 0 fully saturated rings. The number of benzene rings is 1. The first-order valence-corrected chi connectivity index (χ1v) is 6.67. The molecule has 0 saturated heterocycles. The van der Waals surface area contributed by atoms with Crippen LogP contribution in [0.2, 0.25) is 0 Å². The first kappa shape index (κ1) is 13.4. The van der Waals surface area contributed by atoms with E-state index in [0.29, 0.717) is 6.61 Å². The van der Waals surface area contributed by atoms with Crippen molar-refractivity contribution in [2.24, 2.45) is 0 Å². The Balaban J connectivity index is 1.92. The van der Waals surface area contributed by atoms with Gasteiger partial charge in [-0.3, -0.25) is 0 Å². The largest absolute Gasteiger partial charge is 0.490 e. The molecule has 0 aliphatic rings. The van der Waals surface area contributed by atoms with E-state index in [1.54, 1.807) is 6.20 Å². The lowest BCUT2D eigenvalue weighted by Crippen LogP contribution is -2.08. The van der Waals surface area contributed by atoms with E-state index in [0.717, 1.165) is 24.5 Å². The molecular weight excluding hydrogens is 236 g/mol. The summed E-state index contributed by atoms with van der Waals surface area (Å²) in [6.45, 7) is 5.59. The smallest absolute Gasteiger partial charge is 0.168 e. The maximum absolute atomic E-state index is 5.53. The van der Waals surface area contributed by atoms with Gasteiger partial charge in [0.2, 0.25) is 0 Å².